The van der Waals surface area contributed by atoms with Gasteiger partial charge in [0.2, 0.25) is 0 Å². The fourth-order valence-electron chi connectivity index (χ4n) is 1.34. The Morgan fingerprint density at radius 2 is 2.19 bits per heavy atom. The number of aromatic nitrogens is 2. The van der Waals surface area contributed by atoms with Crippen molar-refractivity contribution in [1.82, 2.24) is 9.97 Å². The molecule has 0 spiro atoms. The molecular weight excluding hydrogens is 206 g/mol. The van der Waals surface area contributed by atoms with Crippen molar-refractivity contribution < 1.29 is 4.74 Å². The van der Waals surface area contributed by atoms with Crippen LogP contribution in [0.3, 0.4) is 0 Å². The summed E-state index contributed by atoms with van der Waals surface area (Å²) in [7, 11) is 3.52. The maximum atomic E-state index is 7.43. The number of nitrogens with two attached hydrogens (primary N) is 1. The molecule has 1 aromatic heterocycles. The minimum absolute atomic E-state index is 0.0837. The number of hydrogen-bond donors (Lipinski definition) is 2. The van der Waals surface area contributed by atoms with Crippen molar-refractivity contribution in [1.29, 1.82) is 5.41 Å². The van der Waals surface area contributed by atoms with E-state index in [4.69, 9.17) is 15.9 Å². The number of ether oxygens (including phenoxy) is 1. The molecule has 0 saturated carbocycles. The summed E-state index contributed by atoms with van der Waals surface area (Å²) in [6.45, 7) is 2.58. The summed E-state index contributed by atoms with van der Waals surface area (Å²) in [5.74, 6) is 0.513. The van der Waals surface area contributed by atoms with Crippen LogP contribution in [-0.4, -0.2) is 42.6 Å². The Balaban J connectivity index is 2.98. The summed E-state index contributed by atoms with van der Waals surface area (Å²) in [4.78, 5) is 10.1. The molecule has 3 N–H and O–H groups in total. The highest BCUT2D eigenvalue weighted by Gasteiger charge is 2.16. The van der Waals surface area contributed by atoms with Crippen molar-refractivity contribution in [2.45, 2.75) is 13.0 Å². The number of anilines is 1. The molecule has 0 aliphatic heterocycles. The van der Waals surface area contributed by atoms with Gasteiger partial charge in [-0.2, -0.15) is 0 Å². The number of rotatable bonds is 5. The Bertz CT molecular complexity index is 368. The van der Waals surface area contributed by atoms with E-state index in [1.165, 1.54) is 6.20 Å². The van der Waals surface area contributed by atoms with Crippen molar-refractivity contribution in [2.24, 2.45) is 5.73 Å². The lowest BCUT2D eigenvalue weighted by molar-refractivity contribution is 0.183. The summed E-state index contributed by atoms with van der Waals surface area (Å²) in [6.07, 6.45) is 3.10. The Hall–Kier alpha value is -1.69. The van der Waals surface area contributed by atoms with Gasteiger partial charge < -0.3 is 15.4 Å². The lowest BCUT2D eigenvalue weighted by Crippen LogP contribution is -2.35. The van der Waals surface area contributed by atoms with Crippen molar-refractivity contribution in [3.8, 4) is 0 Å². The monoisotopic (exact) mass is 223 g/mol. The first-order valence-corrected chi connectivity index (χ1v) is 4.95. The number of amidine groups is 1. The molecule has 1 aromatic rings. The molecule has 6 nitrogen and oxygen atoms in total. The van der Waals surface area contributed by atoms with E-state index < -0.39 is 0 Å². The van der Waals surface area contributed by atoms with Gasteiger partial charge in [-0.15, -0.1) is 0 Å². The number of hydrogen-bond acceptors (Lipinski definition) is 5. The fraction of sp³-hybridized carbons (Fsp3) is 0.500. The molecule has 1 heterocycles. The molecule has 0 fully saturated rings. The van der Waals surface area contributed by atoms with Gasteiger partial charge in [-0.25, -0.2) is 9.97 Å². The number of nitrogen functional groups attached to an aromatic ring is 1. The van der Waals surface area contributed by atoms with Crippen LogP contribution < -0.4 is 10.6 Å². The molecular formula is C10H17N5O. The summed E-state index contributed by atoms with van der Waals surface area (Å²) in [5, 5.41) is 7.43. The average Bonchev–Trinajstić information content (AvgIpc) is 2.28. The Labute approximate surface area is 95.0 Å². The number of nitrogens with one attached hydrogen (secondary N) is 1. The third-order valence-corrected chi connectivity index (χ3v) is 2.34. The van der Waals surface area contributed by atoms with E-state index in [1.54, 1.807) is 13.3 Å². The number of likely N-dealkylation sites (N-methyl/N-ethyl adjacent to an activating group) is 1. The molecule has 0 aliphatic carbocycles. The van der Waals surface area contributed by atoms with Gasteiger partial charge in [-0.1, -0.05) is 0 Å². The van der Waals surface area contributed by atoms with Crippen LogP contribution in [-0.2, 0) is 4.74 Å². The molecule has 16 heavy (non-hydrogen) atoms. The van der Waals surface area contributed by atoms with Crippen molar-refractivity contribution in [3.05, 3.63) is 18.1 Å². The molecule has 0 amide bonds. The first kappa shape index (κ1) is 12.4. The molecule has 0 saturated heterocycles. The van der Waals surface area contributed by atoms with Gasteiger partial charge >= 0.3 is 0 Å². The van der Waals surface area contributed by atoms with Crippen LogP contribution in [0.4, 0.5) is 5.82 Å². The van der Waals surface area contributed by atoms with Crippen LogP contribution in [0.15, 0.2) is 12.4 Å². The molecule has 88 valence electrons. The number of nitrogens with zero attached hydrogens (tertiary/aromatic N) is 3. The third kappa shape index (κ3) is 2.66. The highest BCUT2D eigenvalue weighted by molar-refractivity contribution is 5.97. The summed E-state index contributed by atoms with van der Waals surface area (Å²) >= 11 is 0. The lowest BCUT2D eigenvalue weighted by Gasteiger charge is -2.26. The SMILES string of the molecule is COCC(C)N(C)c1nccnc1C(=N)N. The van der Waals surface area contributed by atoms with E-state index in [2.05, 4.69) is 9.97 Å². The van der Waals surface area contributed by atoms with Gasteiger partial charge in [0.25, 0.3) is 0 Å². The Morgan fingerprint density at radius 3 is 2.75 bits per heavy atom. The van der Waals surface area contributed by atoms with Crippen LogP contribution in [0.1, 0.15) is 12.6 Å². The lowest BCUT2D eigenvalue weighted by atomic mass is 10.3. The molecule has 6 heteroatoms. The first-order chi connectivity index (χ1) is 7.57. The van der Waals surface area contributed by atoms with Crippen molar-refractivity contribution >= 4 is 11.7 Å². The highest BCUT2D eigenvalue weighted by Crippen LogP contribution is 2.15. The van der Waals surface area contributed by atoms with Gasteiger partial charge in [-0.05, 0) is 6.92 Å². The van der Waals surface area contributed by atoms with E-state index in [1.807, 2.05) is 18.9 Å². The predicted molar refractivity (Wildman–Crippen MR) is 62.8 cm³/mol. The van der Waals surface area contributed by atoms with Gasteiger partial charge in [0.15, 0.2) is 5.82 Å². The molecule has 1 rings (SSSR count). The largest absolute Gasteiger partial charge is 0.383 e. The predicted octanol–water partition coefficient (Wildman–Crippen LogP) is 0.232. The van der Waals surface area contributed by atoms with Crippen molar-refractivity contribution in [2.75, 3.05) is 25.7 Å². The van der Waals surface area contributed by atoms with Gasteiger partial charge in [0.05, 0.1) is 12.6 Å². The van der Waals surface area contributed by atoms with Crippen LogP contribution in [0, 0.1) is 5.41 Å². The second kappa shape index (κ2) is 5.41. The van der Waals surface area contributed by atoms with Crippen LogP contribution in [0.2, 0.25) is 0 Å². The van der Waals surface area contributed by atoms with E-state index in [-0.39, 0.29) is 11.9 Å². The standard InChI is InChI=1S/C10H17N5O/c1-7(6-16-3)15(2)10-8(9(11)12)13-4-5-14-10/h4-5,7H,6H2,1-3H3,(H3,11,12). The smallest absolute Gasteiger partial charge is 0.158 e. The maximum Gasteiger partial charge on any atom is 0.158 e. The quantitative estimate of drug-likeness (QED) is 0.551. The molecule has 0 bridgehead atoms. The molecule has 0 aliphatic rings. The Morgan fingerprint density at radius 1 is 1.56 bits per heavy atom. The topological polar surface area (TPSA) is 88.1 Å². The first-order valence-electron chi connectivity index (χ1n) is 4.95. The van der Waals surface area contributed by atoms with Gasteiger partial charge in [0.1, 0.15) is 11.5 Å². The van der Waals surface area contributed by atoms with E-state index in [9.17, 15) is 0 Å². The summed E-state index contributed by atoms with van der Waals surface area (Å²) < 4.78 is 5.07. The number of methoxy groups -OCH3 is 1. The maximum absolute atomic E-state index is 7.43. The van der Waals surface area contributed by atoms with E-state index in [0.717, 1.165) is 0 Å². The zero-order valence-corrected chi connectivity index (χ0v) is 9.77. The fourth-order valence-corrected chi connectivity index (χ4v) is 1.34. The minimum Gasteiger partial charge on any atom is -0.383 e. The Kier molecular flexibility index (Phi) is 4.19. The zero-order valence-electron chi connectivity index (χ0n) is 9.77. The highest BCUT2D eigenvalue weighted by atomic mass is 16.5. The molecule has 0 aromatic carbocycles. The molecule has 1 atom stereocenters. The zero-order chi connectivity index (χ0) is 12.1. The third-order valence-electron chi connectivity index (χ3n) is 2.34. The molecule has 1 unspecified atom stereocenters. The van der Waals surface area contributed by atoms with Crippen LogP contribution >= 0.6 is 0 Å². The van der Waals surface area contributed by atoms with Gasteiger partial charge in [-0.3, -0.25) is 5.41 Å². The van der Waals surface area contributed by atoms with E-state index in [0.29, 0.717) is 18.1 Å². The average molecular weight is 223 g/mol. The van der Waals surface area contributed by atoms with Crippen molar-refractivity contribution in [3.63, 3.8) is 0 Å². The second-order valence-electron chi connectivity index (χ2n) is 3.56. The van der Waals surface area contributed by atoms with Crippen LogP contribution in [0.25, 0.3) is 0 Å². The second-order valence-corrected chi connectivity index (χ2v) is 3.56. The van der Waals surface area contributed by atoms with E-state index >= 15 is 0 Å². The summed E-state index contributed by atoms with van der Waals surface area (Å²) in [6, 6.07) is 0.139. The van der Waals surface area contributed by atoms with Gasteiger partial charge in [0, 0.05) is 26.6 Å². The minimum atomic E-state index is -0.0837. The summed E-state index contributed by atoms with van der Waals surface area (Å²) in [5.41, 5.74) is 5.85. The van der Waals surface area contributed by atoms with Crippen LogP contribution in [0.5, 0.6) is 0 Å². The molecule has 0 radical (unpaired) electrons. The normalized spacial score (nSPS) is 12.2.